The van der Waals surface area contributed by atoms with Crippen molar-refractivity contribution in [3.63, 3.8) is 0 Å². The molecule has 0 aliphatic carbocycles. The van der Waals surface area contributed by atoms with Gasteiger partial charge >= 0.3 is 0 Å². The minimum absolute atomic E-state index is 0.0129. The number of hydrogen-bond donors (Lipinski definition) is 2. The molecule has 7 heteroatoms. The predicted molar refractivity (Wildman–Crippen MR) is 104 cm³/mol. The summed E-state index contributed by atoms with van der Waals surface area (Å²) in [5, 5.41) is 19.1. The minimum atomic E-state index is -0.704. The molecule has 150 valence electrons. The van der Waals surface area contributed by atoms with Crippen LogP contribution in [-0.2, 0) is 0 Å². The average molecular weight is 397 g/mol. The van der Waals surface area contributed by atoms with Crippen LogP contribution < -0.4 is 4.74 Å². The van der Waals surface area contributed by atoms with Gasteiger partial charge in [-0.15, -0.1) is 0 Å². The van der Waals surface area contributed by atoms with Crippen LogP contribution in [0.25, 0.3) is 0 Å². The third-order valence-electron chi connectivity index (χ3n) is 5.33. The Kier molecular flexibility index (Phi) is 7.35. The number of likely N-dealkylation sites (tertiary alicyclic amines) is 2. The van der Waals surface area contributed by atoms with E-state index in [1.165, 1.54) is 6.42 Å². The lowest BCUT2D eigenvalue weighted by Crippen LogP contribution is -2.42. The number of ether oxygens (including phenoxy) is 1. The first kappa shape index (κ1) is 20.4. The summed E-state index contributed by atoms with van der Waals surface area (Å²) in [7, 11) is 0. The Morgan fingerprint density at radius 3 is 2.56 bits per heavy atom. The maximum absolute atomic E-state index is 12.9. The molecule has 0 bridgehead atoms. The summed E-state index contributed by atoms with van der Waals surface area (Å²) >= 11 is 6.16. The van der Waals surface area contributed by atoms with Crippen molar-refractivity contribution in [2.75, 3.05) is 39.3 Å². The van der Waals surface area contributed by atoms with E-state index in [9.17, 15) is 9.90 Å². The molecule has 0 saturated carbocycles. The van der Waals surface area contributed by atoms with Crippen molar-refractivity contribution >= 4 is 17.5 Å². The number of carbonyl (C=O) groups excluding carboxylic acids is 1. The molecule has 2 aliphatic rings. The molecule has 0 spiro atoms. The zero-order valence-electron chi connectivity index (χ0n) is 15.6. The zero-order valence-corrected chi connectivity index (χ0v) is 16.4. The number of β-amino-alcohol motifs (C(OH)–C–C–N with tert-alkyl or cyclic N) is 1. The second-order valence-corrected chi connectivity index (χ2v) is 7.88. The summed E-state index contributed by atoms with van der Waals surface area (Å²) in [6.45, 7) is 3.42. The molecule has 1 amide bonds. The molecular weight excluding hydrogens is 368 g/mol. The monoisotopic (exact) mass is 396 g/mol. The fourth-order valence-corrected chi connectivity index (χ4v) is 3.94. The molecule has 1 atom stereocenters. The number of carbonyl (C=O) groups is 1. The van der Waals surface area contributed by atoms with Gasteiger partial charge in [-0.25, -0.2) is 0 Å². The SMILES string of the molecule is O=C(c1ccc(Cl)cc1OC1CCN(CC(O)CO)CC1)N1CCCCC1. The third kappa shape index (κ3) is 5.57. The number of aliphatic hydroxyl groups excluding tert-OH is 2. The van der Waals surface area contributed by atoms with Crippen LogP contribution >= 0.6 is 11.6 Å². The molecule has 2 saturated heterocycles. The van der Waals surface area contributed by atoms with Crippen LogP contribution in [-0.4, -0.2) is 77.5 Å². The number of benzene rings is 1. The number of hydrogen-bond acceptors (Lipinski definition) is 5. The van der Waals surface area contributed by atoms with E-state index in [1.54, 1.807) is 18.2 Å². The Morgan fingerprint density at radius 2 is 1.89 bits per heavy atom. The van der Waals surface area contributed by atoms with Gasteiger partial charge in [-0.2, -0.15) is 0 Å². The summed E-state index contributed by atoms with van der Waals surface area (Å²) < 4.78 is 6.19. The smallest absolute Gasteiger partial charge is 0.257 e. The largest absolute Gasteiger partial charge is 0.489 e. The molecule has 2 aliphatic heterocycles. The standard InChI is InChI=1S/C20H29ClN2O4/c21-15-4-5-18(20(26)23-8-2-1-3-9-23)19(12-15)27-17-6-10-22(11-7-17)13-16(25)14-24/h4-5,12,16-17,24-25H,1-3,6-11,13-14H2. The normalized spacial score (nSPS) is 20.5. The summed E-state index contributed by atoms with van der Waals surface area (Å²) in [6, 6.07) is 5.24. The highest BCUT2D eigenvalue weighted by Crippen LogP contribution is 2.28. The molecule has 1 aromatic carbocycles. The highest BCUT2D eigenvalue weighted by atomic mass is 35.5. The molecular formula is C20H29ClN2O4. The fraction of sp³-hybridized carbons (Fsp3) is 0.650. The van der Waals surface area contributed by atoms with Crippen LogP contribution in [0.1, 0.15) is 42.5 Å². The van der Waals surface area contributed by atoms with Gasteiger partial charge in [-0.3, -0.25) is 4.79 Å². The lowest BCUT2D eigenvalue weighted by molar-refractivity contribution is 0.0342. The Labute approximate surface area is 165 Å². The van der Waals surface area contributed by atoms with Crippen LogP contribution in [0.2, 0.25) is 5.02 Å². The number of nitrogens with zero attached hydrogens (tertiary/aromatic N) is 2. The van der Waals surface area contributed by atoms with E-state index >= 15 is 0 Å². The van der Waals surface area contributed by atoms with Gasteiger partial charge in [0.1, 0.15) is 11.9 Å². The van der Waals surface area contributed by atoms with E-state index in [-0.39, 0.29) is 18.6 Å². The predicted octanol–water partition coefficient (Wildman–Crippen LogP) is 2.16. The van der Waals surface area contributed by atoms with Crippen molar-refractivity contribution in [2.24, 2.45) is 0 Å². The van der Waals surface area contributed by atoms with Gasteiger partial charge in [-0.05, 0) is 50.3 Å². The second kappa shape index (κ2) is 9.73. The topological polar surface area (TPSA) is 73.2 Å². The Balaban J connectivity index is 1.63. The lowest BCUT2D eigenvalue weighted by Gasteiger charge is -2.33. The van der Waals surface area contributed by atoms with E-state index in [0.29, 0.717) is 22.9 Å². The quantitative estimate of drug-likeness (QED) is 0.770. The summed E-state index contributed by atoms with van der Waals surface area (Å²) in [6.07, 6.45) is 4.20. The Hall–Kier alpha value is -1.34. The highest BCUT2D eigenvalue weighted by molar-refractivity contribution is 6.30. The minimum Gasteiger partial charge on any atom is -0.489 e. The summed E-state index contributed by atoms with van der Waals surface area (Å²) in [5.41, 5.74) is 0.583. The number of halogens is 1. The molecule has 2 heterocycles. The first-order valence-corrected chi connectivity index (χ1v) is 10.2. The van der Waals surface area contributed by atoms with E-state index in [4.69, 9.17) is 21.4 Å². The number of piperidine rings is 2. The van der Waals surface area contributed by atoms with Crippen molar-refractivity contribution in [3.05, 3.63) is 28.8 Å². The fourth-order valence-electron chi connectivity index (χ4n) is 3.78. The molecule has 1 unspecified atom stereocenters. The Morgan fingerprint density at radius 1 is 1.19 bits per heavy atom. The lowest BCUT2D eigenvalue weighted by atomic mass is 10.1. The van der Waals surface area contributed by atoms with Crippen LogP contribution in [0.3, 0.4) is 0 Å². The third-order valence-corrected chi connectivity index (χ3v) is 5.56. The summed E-state index contributed by atoms with van der Waals surface area (Å²) in [4.78, 5) is 16.9. The molecule has 3 rings (SSSR count). The van der Waals surface area contributed by atoms with E-state index in [1.807, 2.05) is 4.90 Å². The first-order chi connectivity index (χ1) is 13.1. The van der Waals surface area contributed by atoms with Gasteiger partial charge in [0.05, 0.1) is 18.3 Å². The molecule has 2 N–H and O–H groups in total. The first-order valence-electron chi connectivity index (χ1n) is 9.83. The van der Waals surface area contributed by atoms with Crippen molar-refractivity contribution in [3.8, 4) is 5.75 Å². The van der Waals surface area contributed by atoms with E-state index in [0.717, 1.165) is 51.9 Å². The zero-order chi connectivity index (χ0) is 19.2. The van der Waals surface area contributed by atoms with Gasteiger partial charge in [0.15, 0.2) is 0 Å². The van der Waals surface area contributed by atoms with Crippen LogP contribution in [0, 0.1) is 0 Å². The molecule has 0 aromatic heterocycles. The molecule has 6 nitrogen and oxygen atoms in total. The second-order valence-electron chi connectivity index (χ2n) is 7.45. The van der Waals surface area contributed by atoms with Crippen molar-refractivity contribution < 1.29 is 19.7 Å². The average Bonchev–Trinajstić information content (AvgIpc) is 2.70. The molecule has 1 aromatic rings. The van der Waals surface area contributed by atoms with Crippen molar-refractivity contribution in [1.82, 2.24) is 9.80 Å². The molecule has 2 fully saturated rings. The van der Waals surface area contributed by atoms with Gasteiger partial charge in [0, 0.05) is 37.7 Å². The van der Waals surface area contributed by atoms with Gasteiger partial charge in [-0.1, -0.05) is 11.6 Å². The maximum Gasteiger partial charge on any atom is 0.257 e. The van der Waals surface area contributed by atoms with Crippen LogP contribution in [0.5, 0.6) is 5.75 Å². The molecule has 0 radical (unpaired) electrons. The van der Waals surface area contributed by atoms with E-state index in [2.05, 4.69) is 4.90 Å². The Bertz CT molecular complexity index is 628. The highest BCUT2D eigenvalue weighted by Gasteiger charge is 2.26. The maximum atomic E-state index is 12.9. The molecule has 27 heavy (non-hydrogen) atoms. The van der Waals surface area contributed by atoms with Gasteiger partial charge < -0.3 is 24.7 Å². The van der Waals surface area contributed by atoms with Gasteiger partial charge in [0.25, 0.3) is 5.91 Å². The van der Waals surface area contributed by atoms with Crippen molar-refractivity contribution in [1.29, 1.82) is 0 Å². The van der Waals surface area contributed by atoms with Crippen LogP contribution in [0.4, 0.5) is 0 Å². The van der Waals surface area contributed by atoms with Crippen LogP contribution in [0.15, 0.2) is 18.2 Å². The number of aliphatic hydroxyl groups is 2. The van der Waals surface area contributed by atoms with Crippen molar-refractivity contribution in [2.45, 2.75) is 44.3 Å². The number of rotatable bonds is 6. The summed E-state index contributed by atoms with van der Waals surface area (Å²) in [5.74, 6) is 0.580. The number of amides is 1. The van der Waals surface area contributed by atoms with E-state index < -0.39 is 6.10 Å². The van der Waals surface area contributed by atoms with Gasteiger partial charge in [0.2, 0.25) is 0 Å².